The number of hydroxylamine groups is 6. The fourth-order valence-electron chi connectivity index (χ4n) is 6.23. The molecule has 0 saturated carbocycles. The molecule has 65 heavy (non-hydrogen) atoms. The van der Waals surface area contributed by atoms with Crippen LogP contribution in [0.4, 0.5) is 0 Å². The van der Waals surface area contributed by atoms with E-state index in [1.165, 1.54) is 0 Å². The molecule has 1 aliphatic heterocycles. The van der Waals surface area contributed by atoms with Crippen molar-refractivity contribution in [2.45, 2.75) is 118 Å². The molecule has 29 heteroatoms. The monoisotopic (exact) mass is 950 g/mol. The van der Waals surface area contributed by atoms with Crippen LogP contribution < -0.4 is 38.2 Å². The number of nitrogens with one attached hydrogen (secondary N) is 4. The minimum Gasteiger partial charge on any atom is -0.480 e. The highest BCUT2D eigenvalue weighted by Crippen LogP contribution is 2.43. The molecular formula is C36H58N10O18S. The predicted molar refractivity (Wildman–Crippen MR) is 220 cm³/mol. The Bertz CT molecular complexity index is 1990. The van der Waals surface area contributed by atoms with Crippen molar-refractivity contribution < 1.29 is 79.5 Å². The van der Waals surface area contributed by atoms with E-state index in [1.54, 1.807) is 0 Å². The second-order valence-corrected chi connectivity index (χ2v) is 16.3. The van der Waals surface area contributed by atoms with Crippen LogP contribution in [0, 0.1) is 0 Å². The molecule has 2 rings (SSSR count). The molecule has 1 saturated heterocycles. The number of amides is 7. The maximum atomic E-state index is 13.8. The number of aromatic nitrogens is 2. The van der Waals surface area contributed by atoms with Crippen LogP contribution in [-0.4, -0.2) is 193 Å². The Hall–Kier alpha value is -5.53. The van der Waals surface area contributed by atoms with Crippen LogP contribution in [0.15, 0.2) is 21.9 Å². The van der Waals surface area contributed by atoms with Crippen molar-refractivity contribution in [3.05, 3.63) is 33.1 Å². The first-order valence-corrected chi connectivity index (χ1v) is 21.0. The Morgan fingerprint density at radius 3 is 1.60 bits per heavy atom. The van der Waals surface area contributed by atoms with E-state index >= 15 is 0 Å². The Balaban J connectivity index is 2.33. The molecule has 7 amide bonds. The van der Waals surface area contributed by atoms with Gasteiger partial charge in [-0.3, -0.25) is 63.1 Å². The molecule has 0 radical (unpaired) electrons. The molecule has 2 heterocycles. The third-order valence-corrected chi connectivity index (χ3v) is 11.8. The van der Waals surface area contributed by atoms with E-state index in [-0.39, 0.29) is 58.2 Å². The van der Waals surface area contributed by atoms with E-state index in [1.807, 2.05) is 5.32 Å². The highest BCUT2D eigenvalue weighted by atomic mass is 32.2. The summed E-state index contributed by atoms with van der Waals surface area (Å²) in [7, 11) is 1.14. The molecule has 0 spiro atoms. The van der Waals surface area contributed by atoms with Gasteiger partial charge in [0.15, 0.2) is 6.04 Å². The van der Waals surface area contributed by atoms with Crippen LogP contribution in [0.25, 0.3) is 0 Å². The number of carbonyl (C=O) groups excluding carboxylic acids is 7. The lowest BCUT2D eigenvalue weighted by Gasteiger charge is -2.29. The first-order valence-electron chi connectivity index (χ1n) is 20.0. The van der Waals surface area contributed by atoms with E-state index in [0.29, 0.717) is 31.5 Å². The largest absolute Gasteiger partial charge is 0.480 e. The average molecular weight is 951 g/mol. The second-order valence-electron chi connectivity index (χ2n) is 15.0. The van der Waals surface area contributed by atoms with Gasteiger partial charge in [0.1, 0.15) is 29.6 Å². The Morgan fingerprint density at radius 1 is 0.723 bits per heavy atom. The van der Waals surface area contributed by atoms with Gasteiger partial charge in [-0.05, 0) is 38.5 Å². The molecule has 14 N–H and O–H groups in total. The van der Waals surface area contributed by atoms with Gasteiger partial charge in [0.25, 0.3) is 5.56 Å². The second kappa shape index (κ2) is 25.8. The normalized spacial score (nSPS) is 19.6. The lowest BCUT2D eigenvalue weighted by atomic mass is 10.00. The van der Waals surface area contributed by atoms with Gasteiger partial charge in [0, 0.05) is 59.7 Å². The number of rotatable bonds is 25. The van der Waals surface area contributed by atoms with Crippen LogP contribution in [0.3, 0.4) is 0 Å². The molecule has 1 aliphatic rings. The van der Waals surface area contributed by atoms with Crippen molar-refractivity contribution in [3.63, 3.8) is 0 Å². The number of hydrogen-bond donors (Lipinski definition) is 13. The average Bonchev–Trinajstić information content (AvgIpc) is 3.54. The van der Waals surface area contributed by atoms with Gasteiger partial charge in [0.2, 0.25) is 41.4 Å². The third-order valence-electron chi connectivity index (χ3n) is 10.1. The van der Waals surface area contributed by atoms with Gasteiger partial charge in [-0.1, -0.05) is 0 Å². The Morgan fingerprint density at radius 2 is 1.15 bits per heavy atom. The number of hydrogen-bond acceptors (Lipinski definition) is 19. The van der Waals surface area contributed by atoms with E-state index in [0.717, 1.165) is 44.6 Å². The van der Waals surface area contributed by atoms with E-state index in [2.05, 4.69) is 16.0 Å². The van der Waals surface area contributed by atoms with E-state index in [4.69, 9.17) is 5.73 Å². The SMILES string of the molecule is CC(=O)N(O)CCC[C@H](NC(=O)[C@H](CCCN(O)C(C)=O)NC(=O)[C@@H](N)CCCN(O)C(C)=O)C(=O)N[C@@H](CO)C(=O)N[C@@H](C(=O)O)[C@H](O)[C@H]1S[C@@H](n2ccc(=O)n(C)c2=O)[C@H](O)[C@H]1O. The summed E-state index contributed by atoms with van der Waals surface area (Å²) in [5.41, 5.74) is 4.37. The lowest BCUT2D eigenvalue weighted by molar-refractivity contribution is -0.163. The number of carbonyl (C=O) groups is 8. The van der Waals surface area contributed by atoms with Crippen molar-refractivity contribution >= 4 is 59.1 Å². The lowest BCUT2D eigenvalue weighted by Crippen LogP contribution is -2.61. The van der Waals surface area contributed by atoms with Crippen LogP contribution in [-0.2, 0) is 45.4 Å². The van der Waals surface area contributed by atoms with Crippen molar-refractivity contribution in [2.75, 3.05) is 26.2 Å². The molecule has 0 unspecified atom stereocenters. The number of thioether (sulfide) groups is 1. The predicted octanol–water partition coefficient (Wildman–Crippen LogP) is -6.36. The fourth-order valence-corrected chi connectivity index (χ4v) is 7.80. The number of aliphatic hydroxyl groups is 4. The maximum Gasteiger partial charge on any atom is 0.331 e. The molecule has 10 atom stereocenters. The van der Waals surface area contributed by atoms with E-state index in [9.17, 15) is 89.1 Å². The number of aliphatic hydroxyl groups excluding tert-OH is 4. The van der Waals surface area contributed by atoms with Crippen molar-refractivity contribution in [1.82, 2.24) is 45.6 Å². The third kappa shape index (κ3) is 16.1. The van der Waals surface area contributed by atoms with Crippen molar-refractivity contribution in [3.8, 4) is 0 Å². The minimum absolute atomic E-state index is 0.0572. The molecular weight excluding hydrogens is 893 g/mol. The summed E-state index contributed by atoms with van der Waals surface area (Å²) >= 11 is 0.552. The molecule has 1 aromatic heterocycles. The number of carboxylic acids is 1. The van der Waals surface area contributed by atoms with Crippen LogP contribution >= 0.6 is 11.8 Å². The molecule has 0 aromatic carbocycles. The van der Waals surface area contributed by atoms with Gasteiger partial charge < -0.3 is 52.5 Å². The fraction of sp³-hybridized carbons (Fsp3) is 0.667. The van der Waals surface area contributed by atoms with E-state index < -0.39 is 124 Å². The topological polar surface area (TPSA) is 426 Å². The number of nitrogens with zero attached hydrogens (tertiary/aromatic N) is 5. The summed E-state index contributed by atoms with van der Waals surface area (Å²) < 4.78 is 1.57. The number of carboxylic acid groups (broad SMARTS) is 1. The molecule has 28 nitrogen and oxygen atoms in total. The quantitative estimate of drug-likeness (QED) is 0.0320. The van der Waals surface area contributed by atoms with Crippen LogP contribution in [0.2, 0.25) is 0 Å². The summed E-state index contributed by atoms with van der Waals surface area (Å²) in [5, 5.41) is 89.1. The van der Waals surface area contributed by atoms with Crippen molar-refractivity contribution in [1.29, 1.82) is 0 Å². The summed E-state index contributed by atoms with van der Waals surface area (Å²) in [6.07, 6.45) is -5.87. The van der Waals surface area contributed by atoms with Gasteiger partial charge in [-0.25, -0.2) is 24.8 Å². The molecule has 1 fully saturated rings. The van der Waals surface area contributed by atoms with Gasteiger partial charge in [-0.15, -0.1) is 11.8 Å². The maximum absolute atomic E-state index is 13.8. The molecule has 366 valence electrons. The summed E-state index contributed by atoms with van der Waals surface area (Å²) in [6.45, 7) is 1.11. The van der Waals surface area contributed by atoms with Gasteiger partial charge in [0.05, 0.1) is 30.1 Å². The zero-order valence-electron chi connectivity index (χ0n) is 35.9. The van der Waals surface area contributed by atoms with Crippen LogP contribution in [0.5, 0.6) is 0 Å². The number of aliphatic carboxylic acids is 1. The van der Waals surface area contributed by atoms with Crippen LogP contribution in [0.1, 0.15) is 64.7 Å². The Kier molecular flexibility index (Phi) is 22.1. The molecule has 0 bridgehead atoms. The standard InChI is InChI=1S/C36H58N10O18S/c1-17(48)44(62)12-5-8-20(37)30(55)38-21(9-6-13-45(63)18(2)49)31(56)39-22(10-7-14-46(64)19(3)50)32(57)40-23(16-47)33(58)41-25(35(59)60)26(52)29-27(53)28(54)34(65-29)43-15-11-24(51)42(4)36(43)61/h11,15,20-23,25-29,34,47,52-54,62-64H,5-10,12-14,16,37H2,1-4H3,(H,38,55)(H,39,56)(H,40,57)(H,41,58)(H,59,60)/t20-,21-,22-,23-,25+,26-,27+,28+,29+,34+/m0/s1. The summed E-state index contributed by atoms with van der Waals surface area (Å²) in [4.78, 5) is 125. The summed E-state index contributed by atoms with van der Waals surface area (Å²) in [6, 6.07) is -7.79. The first kappa shape index (κ1) is 55.6. The molecule has 0 aliphatic carbocycles. The Labute approximate surface area is 374 Å². The smallest absolute Gasteiger partial charge is 0.331 e. The molecule has 1 aromatic rings. The zero-order valence-corrected chi connectivity index (χ0v) is 36.7. The number of nitrogens with two attached hydrogens (primary N) is 1. The minimum atomic E-state index is -2.29. The van der Waals surface area contributed by atoms with Gasteiger partial charge >= 0.3 is 11.7 Å². The zero-order chi connectivity index (χ0) is 49.5. The highest BCUT2D eigenvalue weighted by molar-refractivity contribution is 8.00. The highest BCUT2D eigenvalue weighted by Gasteiger charge is 2.50. The van der Waals surface area contributed by atoms with Crippen molar-refractivity contribution in [2.24, 2.45) is 12.8 Å². The summed E-state index contributed by atoms with van der Waals surface area (Å²) in [5.74, 6) is -8.65. The first-order chi connectivity index (χ1) is 30.3. The van der Waals surface area contributed by atoms with Gasteiger partial charge in [-0.2, -0.15) is 0 Å².